The molecule has 0 saturated heterocycles. The van der Waals surface area contributed by atoms with Crippen LogP contribution in [0.15, 0.2) is 54.2 Å². The third kappa shape index (κ3) is 6.51. The topological polar surface area (TPSA) is 107 Å². The maximum Gasteiger partial charge on any atom is 0.258 e. The molecular weight excluding hydrogens is 404 g/mol. The average molecular weight is 439 g/mol. The Labute approximate surface area is 189 Å². The number of fused-ring (bicyclic) bond motifs is 1. The molecule has 8 nitrogen and oxygen atoms in total. The Morgan fingerprint density at radius 2 is 2.28 bits per heavy atom. The number of nitrogens with zero attached hydrogens (tertiary/aromatic N) is 3. The first-order valence-electron chi connectivity index (χ1n) is 11.3. The number of aliphatic imine (C=N–C) groups is 1. The molecule has 3 unspecified atom stereocenters. The number of nitrogens with two attached hydrogens (primary N) is 1. The molecule has 3 atom stereocenters. The van der Waals surface area contributed by atoms with E-state index in [-0.39, 0.29) is 30.6 Å². The van der Waals surface area contributed by atoms with Crippen LogP contribution in [-0.2, 0) is 9.53 Å². The zero-order valence-corrected chi connectivity index (χ0v) is 18.7. The van der Waals surface area contributed by atoms with Crippen molar-refractivity contribution in [2.75, 3.05) is 19.7 Å². The van der Waals surface area contributed by atoms with Gasteiger partial charge in [-0.1, -0.05) is 37.8 Å². The fourth-order valence-electron chi connectivity index (χ4n) is 3.70. The molecule has 0 radical (unpaired) electrons. The van der Waals surface area contributed by atoms with Crippen LogP contribution < -0.4 is 16.4 Å². The average Bonchev–Trinajstić information content (AvgIpc) is 3.24. The summed E-state index contributed by atoms with van der Waals surface area (Å²) in [6.45, 7) is 7.34. The second-order valence-corrected chi connectivity index (χ2v) is 7.95. The van der Waals surface area contributed by atoms with E-state index in [1.54, 1.807) is 23.0 Å². The molecule has 172 valence electrons. The van der Waals surface area contributed by atoms with Gasteiger partial charge < -0.3 is 21.1 Å². The van der Waals surface area contributed by atoms with Crippen molar-refractivity contribution in [2.45, 2.75) is 50.7 Å². The minimum atomic E-state index is -0.213. The van der Waals surface area contributed by atoms with Gasteiger partial charge in [0.05, 0.1) is 17.8 Å². The Bertz CT molecular complexity index is 951. The monoisotopic (exact) mass is 438 g/mol. The SMILES string of the molecule is C=CC=C(OCC(=O)NC1C=NCCC1NCCCC(N)CC)n1ncc2ccccc21. The smallest absolute Gasteiger partial charge is 0.258 e. The summed E-state index contributed by atoms with van der Waals surface area (Å²) in [5.74, 6) is 0.227. The van der Waals surface area contributed by atoms with Crippen molar-refractivity contribution >= 4 is 28.9 Å². The number of allylic oxidation sites excluding steroid dienone is 2. The van der Waals surface area contributed by atoms with E-state index in [4.69, 9.17) is 10.5 Å². The van der Waals surface area contributed by atoms with E-state index in [1.165, 1.54) is 0 Å². The lowest BCUT2D eigenvalue weighted by molar-refractivity contribution is -0.124. The first kappa shape index (κ1) is 23.7. The van der Waals surface area contributed by atoms with Gasteiger partial charge in [0.1, 0.15) is 0 Å². The lowest BCUT2D eigenvalue weighted by atomic mass is 10.0. The van der Waals surface area contributed by atoms with Gasteiger partial charge >= 0.3 is 0 Å². The van der Waals surface area contributed by atoms with Crippen LogP contribution in [0.1, 0.15) is 32.6 Å². The molecule has 1 aliphatic rings. The van der Waals surface area contributed by atoms with Gasteiger partial charge in [-0.25, -0.2) is 4.68 Å². The summed E-state index contributed by atoms with van der Waals surface area (Å²) in [6.07, 6.45) is 10.8. The van der Waals surface area contributed by atoms with Crippen LogP contribution in [0.2, 0.25) is 0 Å². The summed E-state index contributed by atoms with van der Waals surface area (Å²) in [6, 6.07) is 8.04. The highest BCUT2D eigenvalue weighted by Gasteiger charge is 2.24. The van der Waals surface area contributed by atoms with Crippen LogP contribution in [0.5, 0.6) is 0 Å². The molecule has 1 aliphatic heterocycles. The van der Waals surface area contributed by atoms with Crippen molar-refractivity contribution in [2.24, 2.45) is 10.7 Å². The first-order chi connectivity index (χ1) is 15.6. The third-order valence-electron chi connectivity index (χ3n) is 5.58. The van der Waals surface area contributed by atoms with Gasteiger partial charge in [-0.05, 0) is 44.4 Å². The maximum atomic E-state index is 12.6. The molecule has 8 heteroatoms. The van der Waals surface area contributed by atoms with E-state index in [1.807, 2.05) is 30.5 Å². The highest BCUT2D eigenvalue weighted by atomic mass is 16.5. The second kappa shape index (κ2) is 12.2. The lowest BCUT2D eigenvalue weighted by Gasteiger charge is -2.29. The molecule has 2 aromatic rings. The highest BCUT2D eigenvalue weighted by Crippen LogP contribution is 2.18. The number of carbonyl (C=O) groups is 1. The van der Waals surface area contributed by atoms with E-state index in [0.29, 0.717) is 5.88 Å². The summed E-state index contributed by atoms with van der Waals surface area (Å²) in [7, 11) is 0. The second-order valence-electron chi connectivity index (χ2n) is 7.95. The van der Waals surface area contributed by atoms with Crippen LogP contribution in [0, 0.1) is 0 Å². The molecule has 0 spiro atoms. The van der Waals surface area contributed by atoms with Crippen molar-refractivity contribution in [1.82, 2.24) is 20.4 Å². The normalized spacial score (nSPS) is 19.6. The van der Waals surface area contributed by atoms with E-state index in [0.717, 1.165) is 49.7 Å². The predicted octanol–water partition coefficient (Wildman–Crippen LogP) is 2.47. The summed E-state index contributed by atoms with van der Waals surface area (Å²) in [5.41, 5.74) is 6.89. The summed E-state index contributed by atoms with van der Waals surface area (Å²) in [4.78, 5) is 17.0. The molecule has 1 amide bonds. The minimum Gasteiger partial charge on any atom is -0.468 e. The Balaban J connectivity index is 1.53. The van der Waals surface area contributed by atoms with Gasteiger partial charge in [0, 0.05) is 30.2 Å². The number of aromatic nitrogens is 2. The number of carbonyl (C=O) groups excluding carboxylic acids is 1. The van der Waals surface area contributed by atoms with Crippen molar-refractivity contribution in [3.63, 3.8) is 0 Å². The standard InChI is InChI=1S/C24H34N6O2/c1-3-8-24(30-22-11-6-5-9-18(22)15-28-30)32-17-23(31)29-21-16-26-14-12-20(21)27-13-7-10-19(25)4-2/h3,5-6,8-9,11,15-16,19-21,27H,1,4,7,10,12-14,17,25H2,2H3,(H,29,31). The molecule has 0 saturated carbocycles. The number of nitrogens with one attached hydrogen (secondary N) is 2. The largest absolute Gasteiger partial charge is 0.468 e. The first-order valence-corrected chi connectivity index (χ1v) is 11.3. The molecule has 0 bridgehead atoms. The Hall–Kier alpha value is -2.97. The number of ether oxygens (including phenoxy) is 1. The van der Waals surface area contributed by atoms with Crippen molar-refractivity contribution in [3.8, 4) is 0 Å². The van der Waals surface area contributed by atoms with Crippen molar-refractivity contribution < 1.29 is 9.53 Å². The highest BCUT2D eigenvalue weighted by molar-refractivity contribution is 5.83. The van der Waals surface area contributed by atoms with Gasteiger partial charge in [0.15, 0.2) is 6.61 Å². The number of benzene rings is 1. The number of hydrogen-bond donors (Lipinski definition) is 3. The quantitative estimate of drug-likeness (QED) is 0.268. The zero-order chi connectivity index (χ0) is 22.8. The van der Waals surface area contributed by atoms with Gasteiger partial charge in [-0.15, -0.1) is 0 Å². The van der Waals surface area contributed by atoms with Crippen LogP contribution in [-0.4, -0.2) is 59.7 Å². The number of hydrogen-bond acceptors (Lipinski definition) is 6. The number of amides is 1. The molecule has 2 heterocycles. The summed E-state index contributed by atoms with van der Waals surface area (Å²) >= 11 is 0. The number of rotatable bonds is 12. The van der Waals surface area contributed by atoms with Gasteiger partial charge in [-0.3, -0.25) is 9.79 Å². The van der Waals surface area contributed by atoms with Gasteiger partial charge in [0.2, 0.25) is 5.88 Å². The van der Waals surface area contributed by atoms with Crippen LogP contribution >= 0.6 is 0 Å². The van der Waals surface area contributed by atoms with Gasteiger partial charge in [0.25, 0.3) is 5.91 Å². The fraction of sp³-hybridized carbons (Fsp3) is 0.458. The van der Waals surface area contributed by atoms with Crippen LogP contribution in [0.4, 0.5) is 0 Å². The Morgan fingerprint density at radius 1 is 1.44 bits per heavy atom. The minimum absolute atomic E-state index is 0.129. The van der Waals surface area contributed by atoms with Crippen molar-refractivity contribution in [3.05, 3.63) is 49.2 Å². The van der Waals surface area contributed by atoms with Crippen LogP contribution in [0.25, 0.3) is 16.8 Å². The zero-order valence-electron chi connectivity index (χ0n) is 18.7. The summed E-state index contributed by atoms with van der Waals surface area (Å²) < 4.78 is 7.47. The molecule has 4 N–H and O–H groups in total. The molecule has 0 fully saturated rings. The molecule has 1 aromatic carbocycles. The Kier molecular flexibility index (Phi) is 9.01. The van der Waals surface area contributed by atoms with Crippen LogP contribution in [0.3, 0.4) is 0 Å². The molecule has 1 aromatic heterocycles. The maximum absolute atomic E-state index is 12.6. The summed E-state index contributed by atoms with van der Waals surface area (Å²) in [5, 5.41) is 11.9. The molecule has 0 aliphatic carbocycles. The van der Waals surface area contributed by atoms with E-state index in [9.17, 15) is 4.79 Å². The third-order valence-corrected chi connectivity index (χ3v) is 5.58. The fourth-order valence-corrected chi connectivity index (χ4v) is 3.70. The molecular formula is C24H34N6O2. The van der Waals surface area contributed by atoms with Gasteiger partial charge in [-0.2, -0.15) is 5.10 Å². The molecule has 32 heavy (non-hydrogen) atoms. The van der Waals surface area contributed by atoms with Crippen molar-refractivity contribution in [1.29, 1.82) is 0 Å². The number of para-hydroxylation sites is 1. The van der Waals surface area contributed by atoms with E-state index in [2.05, 4.69) is 34.2 Å². The lowest BCUT2D eigenvalue weighted by Crippen LogP contribution is -2.53. The van der Waals surface area contributed by atoms with E-state index >= 15 is 0 Å². The Morgan fingerprint density at radius 3 is 3.09 bits per heavy atom. The van der Waals surface area contributed by atoms with E-state index < -0.39 is 0 Å². The predicted molar refractivity (Wildman–Crippen MR) is 129 cm³/mol. The molecule has 3 rings (SSSR count).